The minimum Gasteiger partial charge on any atom is -0.487 e. The van der Waals surface area contributed by atoms with Crippen molar-refractivity contribution in [2.75, 3.05) is 0 Å². The third-order valence-corrected chi connectivity index (χ3v) is 3.11. The minimum atomic E-state index is 0.426. The zero-order valence-corrected chi connectivity index (χ0v) is 10.8. The molecule has 0 unspecified atom stereocenters. The van der Waals surface area contributed by atoms with Gasteiger partial charge in [0.05, 0.1) is 11.1 Å². The Hall–Kier alpha value is -2.68. The van der Waals surface area contributed by atoms with Crippen molar-refractivity contribution in [1.82, 2.24) is 4.98 Å². The Morgan fingerprint density at radius 2 is 1.75 bits per heavy atom. The Morgan fingerprint density at radius 3 is 2.55 bits per heavy atom. The molecule has 0 fully saturated rings. The zero-order chi connectivity index (χ0) is 13.8. The van der Waals surface area contributed by atoms with Gasteiger partial charge in [0.25, 0.3) is 0 Å². The Balaban J connectivity index is 1.98. The molecule has 20 heavy (non-hydrogen) atoms. The van der Waals surface area contributed by atoms with Crippen molar-refractivity contribution >= 4 is 17.2 Å². The highest BCUT2D eigenvalue weighted by Crippen LogP contribution is 2.27. The van der Waals surface area contributed by atoms with Gasteiger partial charge in [0, 0.05) is 11.6 Å². The van der Waals surface area contributed by atoms with Gasteiger partial charge in [0.15, 0.2) is 6.29 Å². The topological polar surface area (TPSA) is 39.2 Å². The van der Waals surface area contributed by atoms with E-state index in [9.17, 15) is 4.79 Å². The predicted octanol–water partition coefficient (Wildman–Crippen LogP) is 3.63. The Morgan fingerprint density at radius 1 is 1.00 bits per heavy atom. The van der Waals surface area contributed by atoms with Crippen LogP contribution in [0, 0.1) is 0 Å². The quantitative estimate of drug-likeness (QED) is 0.675. The van der Waals surface area contributed by atoms with Gasteiger partial charge >= 0.3 is 0 Å². The van der Waals surface area contributed by atoms with E-state index in [1.807, 2.05) is 54.6 Å². The normalized spacial score (nSPS) is 10.4. The fourth-order valence-electron chi connectivity index (χ4n) is 2.11. The van der Waals surface area contributed by atoms with Crippen LogP contribution in [0.2, 0.25) is 0 Å². The molecule has 0 radical (unpaired) electrons. The van der Waals surface area contributed by atoms with E-state index < -0.39 is 0 Å². The SMILES string of the molecule is O=Cc1cnc2ccccc2c1OCc1ccccc1. The Bertz CT molecular complexity index is 738. The smallest absolute Gasteiger partial charge is 0.155 e. The molecular weight excluding hydrogens is 250 g/mol. The minimum absolute atomic E-state index is 0.426. The second kappa shape index (κ2) is 5.53. The Labute approximate surface area is 116 Å². The highest BCUT2D eigenvalue weighted by Gasteiger charge is 2.09. The van der Waals surface area contributed by atoms with Crippen LogP contribution in [0.15, 0.2) is 60.8 Å². The summed E-state index contributed by atoms with van der Waals surface area (Å²) in [6.45, 7) is 0.426. The molecule has 0 aliphatic heterocycles. The van der Waals surface area contributed by atoms with E-state index >= 15 is 0 Å². The van der Waals surface area contributed by atoms with Crippen LogP contribution in [0.5, 0.6) is 5.75 Å². The van der Waals surface area contributed by atoms with Crippen LogP contribution in [0.3, 0.4) is 0 Å². The highest BCUT2D eigenvalue weighted by atomic mass is 16.5. The van der Waals surface area contributed by atoms with E-state index in [1.165, 1.54) is 0 Å². The molecule has 0 aliphatic rings. The number of carbonyl (C=O) groups is 1. The van der Waals surface area contributed by atoms with Crippen molar-refractivity contribution in [1.29, 1.82) is 0 Å². The molecule has 2 aromatic carbocycles. The molecule has 98 valence electrons. The highest BCUT2D eigenvalue weighted by molar-refractivity contribution is 5.93. The molecule has 0 saturated carbocycles. The molecule has 1 heterocycles. The summed E-state index contributed by atoms with van der Waals surface area (Å²) in [6.07, 6.45) is 2.33. The number of para-hydroxylation sites is 1. The van der Waals surface area contributed by atoms with Gasteiger partial charge < -0.3 is 4.74 Å². The average molecular weight is 263 g/mol. The molecule has 0 spiro atoms. The molecule has 0 amide bonds. The lowest BCUT2D eigenvalue weighted by molar-refractivity contribution is 0.111. The summed E-state index contributed by atoms with van der Waals surface area (Å²) in [5.41, 5.74) is 2.35. The van der Waals surface area contributed by atoms with Gasteiger partial charge in [0.2, 0.25) is 0 Å². The fourth-order valence-corrected chi connectivity index (χ4v) is 2.11. The molecule has 3 heteroatoms. The van der Waals surface area contributed by atoms with Crippen molar-refractivity contribution in [2.45, 2.75) is 6.61 Å². The van der Waals surface area contributed by atoms with Gasteiger partial charge in [0.1, 0.15) is 12.4 Å². The summed E-state index contributed by atoms with van der Waals surface area (Å²) in [5.74, 6) is 0.592. The summed E-state index contributed by atoms with van der Waals surface area (Å²) in [7, 11) is 0. The van der Waals surface area contributed by atoms with E-state index in [0.29, 0.717) is 17.9 Å². The first-order valence-corrected chi connectivity index (χ1v) is 6.38. The summed E-state index contributed by atoms with van der Waals surface area (Å²) in [6, 6.07) is 17.5. The number of aldehydes is 1. The monoisotopic (exact) mass is 263 g/mol. The molecule has 3 nitrogen and oxygen atoms in total. The summed E-state index contributed by atoms with van der Waals surface area (Å²) in [4.78, 5) is 15.4. The predicted molar refractivity (Wildman–Crippen MR) is 77.9 cm³/mol. The zero-order valence-electron chi connectivity index (χ0n) is 10.8. The lowest BCUT2D eigenvalue weighted by Gasteiger charge is -2.11. The van der Waals surface area contributed by atoms with E-state index in [2.05, 4.69) is 4.98 Å². The van der Waals surface area contributed by atoms with Crippen molar-refractivity contribution in [3.63, 3.8) is 0 Å². The van der Waals surface area contributed by atoms with Gasteiger partial charge in [-0.05, 0) is 17.7 Å². The molecule has 0 N–H and O–H groups in total. The molecule has 0 saturated heterocycles. The number of benzene rings is 2. The van der Waals surface area contributed by atoms with Crippen LogP contribution < -0.4 is 4.74 Å². The lowest BCUT2D eigenvalue weighted by Crippen LogP contribution is -2.00. The summed E-state index contributed by atoms with van der Waals surface area (Å²) in [5, 5.41) is 0.855. The molecule has 0 atom stereocenters. The van der Waals surface area contributed by atoms with Gasteiger partial charge in [-0.3, -0.25) is 9.78 Å². The maximum Gasteiger partial charge on any atom is 0.155 e. The number of aromatic nitrogens is 1. The first-order chi connectivity index (χ1) is 9.88. The second-order valence-corrected chi connectivity index (χ2v) is 4.45. The van der Waals surface area contributed by atoms with Crippen LogP contribution in [-0.4, -0.2) is 11.3 Å². The maximum absolute atomic E-state index is 11.2. The van der Waals surface area contributed by atoms with Crippen LogP contribution >= 0.6 is 0 Å². The van der Waals surface area contributed by atoms with Crippen molar-refractivity contribution < 1.29 is 9.53 Å². The third-order valence-electron chi connectivity index (χ3n) is 3.11. The molecular formula is C17H13NO2. The summed E-state index contributed by atoms with van der Waals surface area (Å²) >= 11 is 0. The standard InChI is InChI=1S/C17H13NO2/c19-11-14-10-18-16-9-5-4-8-15(16)17(14)20-12-13-6-2-1-3-7-13/h1-11H,12H2. The lowest BCUT2D eigenvalue weighted by atomic mass is 10.1. The summed E-state index contributed by atoms with van der Waals surface area (Å²) < 4.78 is 5.86. The number of fused-ring (bicyclic) bond motifs is 1. The van der Waals surface area contributed by atoms with Crippen LogP contribution in [-0.2, 0) is 6.61 Å². The molecule has 3 rings (SSSR count). The number of pyridine rings is 1. The van der Waals surface area contributed by atoms with Crippen LogP contribution in [0.4, 0.5) is 0 Å². The number of hydrogen-bond donors (Lipinski definition) is 0. The molecule has 1 aromatic heterocycles. The molecule has 0 aliphatic carbocycles. The maximum atomic E-state index is 11.2. The molecule has 0 bridgehead atoms. The van der Waals surface area contributed by atoms with Crippen LogP contribution in [0.1, 0.15) is 15.9 Å². The average Bonchev–Trinajstić information content (AvgIpc) is 2.53. The van der Waals surface area contributed by atoms with E-state index in [4.69, 9.17) is 4.74 Å². The number of rotatable bonds is 4. The number of carbonyl (C=O) groups excluding carboxylic acids is 1. The van der Waals surface area contributed by atoms with E-state index in [0.717, 1.165) is 22.8 Å². The van der Waals surface area contributed by atoms with Gasteiger partial charge in [-0.1, -0.05) is 42.5 Å². The number of ether oxygens (including phenoxy) is 1. The number of nitrogens with zero attached hydrogens (tertiary/aromatic N) is 1. The van der Waals surface area contributed by atoms with Gasteiger partial charge in [-0.15, -0.1) is 0 Å². The second-order valence-electron chi connectivity index (χ2n) is 4.45. The third kappa shape index (κ3) is 2.38. The van der Waals surface area contributed by atoms with Crippen molar-refractivity contribution in [2.24, 2.45) is 0 Å². The largest absolute Gasteiger partial charge is 0.487 e. The fraction of sp³-hybridized carbons (Fsp3) is 0.0588. The van der Waals surface area contributed by atoms with Crippen molar-refractivity contribution in [3.8, 4) is 5.75 Å². The Kier molecular flexibility index (Phi) is 3.42. The van der Waals surface area contributed by atoms with E-state index in [-0.39, 0.29) is 0 Å². The van der Waals surface area contributed by atoms with Gasteiger partial charge in [-0.2, -0.15) is 0 Å². The first kappa shape index (κ1) is 12.4. The van der Waals surface area contributed by atoms with Gasteiger partial charge in [-0.25, -0.2) is 0 Å². The van der Waals surface area contributed by atoms with E-state index in [1.54, 1.807) is 6.20 Å². The number of hydrogen-bond acceptors (Lipinski definition) is 3. The first-order valence-electron chi connectivity index (χ1n) is 6.38. The van der Waals surface area contributed by atoms with Crippen molar-refractivity contribution in [3.05, 3.63) is 71.9 Å². The van der Waals surface area contributed by atoms with Crippen LogP contribution in [0.25, 0.3) is 10.9 Å². The molecule has 3 aromatic rings.